The summed E-state index contributed by atoms with van der Waals surface area (Å²) < 4.78 is 0. The molecule has 1 heterocycles. The second kappa shape index (κ2) is 8.23. The van der Waals surface area contributed by atoms with Crippen molar-refractivity contribution in [2.75, 3.05) is 36.0 Å². The third kappa shape index (κ3) is 6.29. The van der Waals surface area contributed by atoms with Crippen LogP contribution in [0.2, 0.25) is 0 Å². The van der Waals surface area contributed by atoms with Crippen molar-refractivity contribution >= 4 is 28.9 Å². The van der Waals surface area contributed by atoms with Gasteiger partial charge in [-0.1, -0.05) is 20.8 Å². The van der Waals surface area contributed by atoms with Gasteiger partial charge in [-0.25, -0.2) is 0 Å². The summed E-state index contributed by atoms with van der Waals surface area (Å²) in [5, 5.41) is 6.18. The zero-order valence-electron chi connectivity index (χ0n) is 15.5. The SMILES string of the molecule is CC(C)(C)CC(=O)Nc1ccc(NCCCN2CCCC2=O)c(N)c1. The molecule has 0 aliphatic carbocycles. The first-order chi connectivity index (χ1) is 11.7. The van der Waals surface area contributed by atoms with Crippen LogP contribution in [0.4, 0.5) is 17.1 Å². The van der Waals surface area contributed by atoms with Gasteiger partial charge in [0.05, 0.1) is 11.4 Å². The van der Waals surface area contributed by atoms with Crippen LogP contribution in [0.3, 0.4) is 0 Å². The molecule has 4 N–H and O–H groups in total. The number of rotatable bonds is 7. The van der Waals surface area contributed by atoms with Crippen molar-refractivity contribution in [3.05, 3.63) is 18.2 Å². The summed E-state index contributed by atoms with van der Waals surface area (Å²) in [4.78, 5) is 25.5. The van der Waals surface area contributed by atoms with Crippen LogP contribution < -0.4 is 16.4 Å². The third-order valence-electron chi connectivity index (χ3n) is 4.12. The Morgan fingerprint density at radius 1 is 1.32 bits per heavy atom. The highest BCUT2D eigenvalue weighted by Gasteiger charge is 2.19. The van der Waals surface area contributed by atoms with Gasteiger partial charge >= 0.3 is 0 Å². The number of carbonyl (C=O) groups is 2. The molecular weight excluding hydrogens is 316 g/mol. The topological polar surface area (TPSA) is 87.5 Å². The van der Waals surface area contributed by atoms with Crippen molar-refractivity contribution in [3.63, 3.8) is 0 Å². The van der Waals surface area contributed by atoms with Crippen molar-refractivity contribution in [1.82, 2.24) is 4.90 Å². The number of amides is 2. The van der Waals surface area contributed by atoms with E-state index in [9.17, 15) is 9.59 Å². The highest BCUT2D eigenvalue weighted by molar-refractivity contribution is 5.92. The summed E-state index contributed by atoms with van der Waals surface area (Å²) in [5.41, 5.74) is 8.18. The van der Waals surface area contributed by atoms with Gasteiger partial charge in [-0.2, -0.15) is 0 Å². The van der Waals surface area contributed by atoms with Crippen LogP contribution in [0.5, 0.6) is 0 Å². The van der Waals surface area contributed by atoms with E-state index < -0.39 is 0 Å². The number of benzene rings is 1. The van der Waals surface area contributed by atoms with Crippen molar-refractivity contribution in [3.8, 4) is 0 Å². The van der Waals surface area contributed by atoms with Crippen LogP contribution in [-0.2, 0) is 9.59 Å². The zero-order valence-corrected chi connectivity index (χ0v) is 15.5. The van der Waals surface area contributed by atoms with Crippen LogP contribution in [0.25, 0.3) is 0 Å². The maximum Gasteiger partial charge on any atom is 0.224 e. The van der Waals surface area contributed by atoms with Crippen LogP contribution >= 0.6 is 0 Å². The highest BCUT2D eigenvalue weighted by atomic mass is 16.2. The van der Waals surface area contributed by atoms with Crippen molar-refractivity contribution in [1.29, 1.82) is 0 Å². The third-order valence-corrected chi connectivity index (χ3v) is 4.12. The minimum Gasteiger partial charge on any atom is -0.397 e. The van der Waals surface area contributed by atoms with Gasteiger partial charge in [0.25, 0.3) is 0 Å². The number of nitrogen functional groups attached to an aromatic ring is 1. The molecule has 0 bridgehead atoms. The molecule has 0 radical (unpaired) electrons. The lowest BCUT2D eigenvalue weighted by molar-refractivity contribution is -0.127. The maximum atomic E-state index is 12.0. The van der Waals surface area contributed by atoms with Gasteiger partial charge in [-0.15, -0.1) is 0 Å². The van der Waals surface area contributed by atoms with E-state index >= 15 is 0 Å². The fourth-order valence-corrected chi connectivity index (χ4v) is 2.92. The molecule has 0 unspecified atom stereocenters. The van der Waals surface area contributed by atoms with Crippen LogP contribution in [0.15, 0.2) is 18.2 Å². The van der Waals surface area contributed by atoms with Crippen LogP contribution in [0, 0.1) is 5.41 Å². The number of hydrogen-bond acceptors (Lipinski definition) is 4. The molecule has 0 spiro atoms. The van der Waals surface area contributed by atoms with E-state index in [4.69, 9.17) is 5.73 Å². The van der Waals surface area contributed by atoms with Crippen LogP contribution in [0.1, 0.15) is 46.5 Å². The smallest absolute Gasteiger partial charge is 0.224 e. The standard InChI is InChI=1S/C19H30N4O2/c1-19(2,3)13-17(24)22-14-7-8-16(15(20)12-14)21-9-5-11-23-10-4-6-18(23)25/h7-8,12,21H,4-6,9-11,13,20H2,1-3H3,(H,22,24). The van der Waals surface area contributed by atoms with Gasteiger partial charge < -0.3 is 21.3 Å². The predicted molar refractivity (Wildman–Crippen MR) is 102 cm³/mol. The Hall–Kier alpha value is -2.24. The molecule has 1 aromatic rings. The van der Waals surface area contributed by atoms with E-state index in [0.29, 0.717) is 24.2 Å². The molecule has 1 fully saturated rings. The van der Waals surface area contributed by atoms with E-state index in [0.717, 1.165) is 38.2 Å². The summed E-state index contributed by atoms with van der Waals surface area (Å²) in [6.45, 7) is 8.51. The van der Waals surface area contributed by atoms with Crippen molar-refractivity contribution in [2.45, 2.75) is 46.5 Å². The van der Waals surface area contributed by atoms with E-state index in [1.165, 1.54) is 0 Å². The van der Waals surface area contributed by atoms with Gasteiger partial charge in [-0.3, -0.25) is 9.59 Å². The first-order valence-electron chi connectivity index (χ1n) is 8.96. The second-order valence-corrected chi connectivity index (χ2v) is 7.85. The second-order valence-electron chi connectivity index (χ2n) is 7.85. The van der Waals surface area contributed by atoms with Crippen molar-refractivity contribution in [2.24, 2.45) is 5.41 Å². The predicted octanol–water partition coefficient (Wildman–Crippen LogP) is 3.07. The lowest BCUT2D eigenvalue weighted by Gasteiger charge is -2.18. The van der Waals surface area contributed by atoms with Gasteiger partial charge in [0.2, 0.25) is 11.8 Å². The number of nitrogens with one attached hydrogen (secondary N) is 2. The number of hydrogen-bond donors (Lipinski definition) is 3. The summed E-state index contributed by atoms with van der Waals surface area (Å²) in [5.74, 6) is 0.248. The molecule has 138 valence electrons. The minimum absolute atomic E-state index is 0.0112. The quantitative estimate of drug-likeness (QED) is 0.523. The normalized spacial score (nSPS) is 14.7. The molecule has 1 aliphatic heterocycles. The molecule has 2 rings (SSSR count). The molecule has 0 aromatic heterocycles. The number of carbonyl (C=O) groups excluding carboxylic acids is 2. The Morgan fingerprint density at radius 2 is 2.08 bits per heavy atom. The van der Waals surface area contributed by atoms with Gasteiger partial charge in [0.15, 0.2) is 0 Å². The Bertz CT molecular complexity index is 622. The summed E-state index contributed by atoms with van der Waals surface area (Å²) >= 11 is 0. The fourth-order valence-electron chi connectivity index (χ4n) is 2.92. The molecule has 1 saturated heterocycles. The summed E-state index contributed by atoms with van der Waals surface area (Å²) in [6.07, 6.45) is 3.00. The zero-order chi connectivity index (χ0) is 18.4. The molecule has 1 aliphatic rings. The number of likely N-dealkylation sites (tertiary alicyclic amines) is 1. The largest absolute Gasteiger partial charge is 0.397 e. The highest BCUT2D eigenvalue weighted by Crippen LogP contribution is 2.24. The number of nitrogens with two attached hydrogens (primary N) is 1. The van der Waals surface area contributed by atoms with E-state index in [2.05, 4.69) is 10.6 Å². The minimum atomic E-state index is -0.0478. The maximum absolute atomic E-state index is 12.0. The van der Waals surface area contributed by atoms with Gasteiger partial charge in [0.1, 0.15) is 0 Å². The first-order valence-corrected chi connectivity index (χ1v) is 8.96. The first kappa shape index (κ1) is 19.1. The molecule has 0 atom stereocenters. The fraction of sp³-hybridized carbons (Fsp3) is 0.579. The molecular formula is C19H30N4O2. The molecule has 6 heteroatoms. The number of nitrogens with zero attached hydrogens (tertiary/aromatic N) is 1. The monoisotopic (exact) mass is 346 g/mol. The van der Waals surface area contributed by atoms with E-state index in [1.807, 2.05) is 37.8 Å². The van der Waals surface area contributed by atoms with Gasteiger partial charge in [0, 0.05) is 38.2 Å². The van der Waals surface area contributed by atoms with Crippen molar-refractivity contribution < 1.29 is 9.59 Å². The molecule has 1 aromatic carbocycles. The Balaban J connectivity index is 1.78. The molecule has 2 amide bonds. The van der Waals surface area contributed by atoms with Gasteiger partial charge in [-0.05, 0) is 36.5 Å². The molecule has 6 nitrogen and oxygen atoms in total. The molecule has 0 saturated carbocycles. The lowest BCUT2D eigenvalue weighted by Crippen LogP contribution is -2.27. The van der Waals surface area contributed by atoms with Crippen LogP contribution in [-0.4, -0.2) is 36.3 Å². The lowest BCUT2D eigenvalue weighted by atomic mass is 9.92. The average molecular weight is 346 g/mol. The summed E-state index contributed by atoms with van der Waals surface area (Å²) in [7, 11) is 0. The molecule has 25 heavy (non-hydrogen) atoms. The Kier molecular flexibility index (Phi) is 6.28. The average Bonchev–Trinajstić information content (AvgIpc) is 2.88. The Morgan fingerprint density at radius 3 is 2.68 bits per heavy atom. The summed E-state index contributed by atoms with van der Waals surface area (Å²) in [6, 6.07) is 5.50. The number of anilines is 3. The van der Waals surface area contributed by atoms with E-state index in [1.54, 1.807) is 6.07 Å². The Labute approximate surface area is 150 Å². The van der Waals surface area contributed by atoms with E-state index in [-0.39, 0.29) is 17.2 Å².